The summed E-state index contributed by atoms with van der Waals surface area (Å²) in [6.07, 6.45) is 0. The maximum atomic E-state index is 4.87. The molecule has 2 heteroatoms. The summed E-state index contributed by atoms with van der Waals surface area (Å²) in [4.78, 5) is 0.931. The van der Waals surface area contributed by atoms with Crippen LogP contribution in [0.2, 0.25) is 0 Å². The van der Waals surface area contributed by atoms with Gasteiger partial charge in [-0.2, -0.15) is 0 Å². The van der Waals surface area contributed by atoms with Crippen LogP contribution >= 0.6 is 12.2 Å². The molecule has 0 aromatic heterocycles. The minimum atomic E-state index is 0.486. The van der Waals surface area contributed by atoms with Gasteiger partial charge in [-0.3, -0.25) is 0 Å². The van der Waals surface area contributed by atoms with Crippen LogP contribution in [0.25, 0.3) is 0 Å². The quantitative estimate of drug-likeness (QED) is 0.518. The smallest absolute Gasteiger partial charge is 0.0776 e. The van der Waals surface area contributed by atoms with Crippen molar-refractivity contribution >= 4 is 17.2 Å². The Morgan fingerprint density at radius 3 is 2.00 bits per heavy atom. The first-order valence-corrected chi connectivity index (χ1v) is 2.81. The Hall–Kier alpha value is -0.110. The Balaban J connectivity index is 3.35. The van der Waals surface area contributed by atoms with Crippen LogP contribution < -0.4 is 5.32 Å². The van der Waals surface area contributed by atoms with Crippen LogP contribution in [0, 0.1) is 5.92 Å². The third kappa shape index (κ3) is 2.57. The van der Waals surface area contributed by atoms with Gasteiger partial charge in [0.2, 0.25) is 0 Å². The normalized spacial score (nSPS) is 9.14. The number of hydrogen-bond donors (Lipinski definition) is 1. The summed E-state index contributed by atoms with van der Waals surface area (Å²) >= 11 is 4.87. The van der Waals surface area contributed by atoms with Crippen LogP contribution in [0.4, 0.5) is 0 Å². The van der Waals surface area contributed by atoms with Gasteiger partial charge in [0.15, 0.2) is 0 Å². The summed E-state index contributed by atoms with van der Waals surface area (Å²) in [5, 5.41) is 2.90. The van der Waals surface area contributed by atoms with Crippen LogP contribution in [0.1, 0.15) is 13.8 Å². The van der Waals surface area contributed by atoms with Crippen molar-refractivity contribution < 1.29 is 0 Å². The highest BCUT2D eigenvalue weighted by Gasteiger charge is 1.95. The van der Waals surface area contributed by atoms with Crippen molar-refractivity contribution in [1.82, 2.24) is 5.32 Å². The standard InChI is InChI=1S/C5H11NS/c1-4(2)5(7)6-3/h4H,1-3H3,(H,6,7). The van der Waals surface area contributed by atoms with Gasteiger partial charge in [0, 0.05) is 13.0 Å². The molecule has 0 rings (SSSR count). The monoisotopic (exact) mass is 117 g/mol. The van der Waals surface area contributed by atoms with E-state index in [1.807, 2.05) is 7.05 Å². The molecule has 42 valence electrons. The van der Waals surface area contributed by atoms with E-state index in [0.717, 1.165) is 4.99 Å². The molecular formula is C5H11NS. The van der Waals surface area contributed by atoms with E-state index >= 15 is 0 Å². The van der Waals surface area contributed by atoms with E-state index in [9.17, 15) is 0 Å². The van der Waals surface area contributed by atoms with Gasteiger partial charge in [-0.05, 0) is 0 Å². The minimum absolute atomic E-state index is 0.486. The van der Waals surface area contributed by atoms with Gasteiger partial charge in [-0.1, -0.05) is 26.1 Å². The van der Waals surface area contributed by atoms with Gasteiger partial charge in [0.25, 0.3) is 0 Å². The van der Waals surface area contributed by atoms with Crippen molar-refractivity contribution in [3.63, 3.8) is 0 Å². The Kier molecular flexibility index (Phi) is 2.92. The maximum absolute atomic E-state index is 4.87. The lowest BCUT2D eigenvalue weighted by Gasteiger charge is -2.03. The lowest BCUT2D eigenvalue weighted by Crippen LogP contribution is -2.20. The molecule has 0 atom stereocenters. The average Bonchev–Trinajstić information content (AvgIpc) is 1.65. The number of thiocarbonyl (C=S) groups is 1. The molecule has 0 saturated carbocycles. The van der Waals surface area contributed by atoms with Crippen molar-refractivity contribution in [3.8, 4) is 0 Å². The summed E-state index contributed by atoms with van der Waals surface area (Å²) in [5.41, 5.74) is 0. The Bertz CT molecular complexity index is 68.5. The molecule has 0 bridgehead atoms. The molecule has 0 fully saturated rings. The molecule has 0 amide bonds. The Labute approximate surface area is 50.1 Å². The zero-order chi connectivity index (χ0) is 5.86. The number of rotatable bonds is 1. The fourth-order valence-corrected chi connectivity index (χ4v) is 0.289. The van der Waals surface area contributed by atoms with Crippen molar-refractivity contribution in [2.75, 3.05) is 7.05 Å². The minimum Gasteiger partial charge on any atom is -0.383 e. The number of nitrogens with one attached hydrogen (secondary N) is 1. The predicted octanol–water partition coefficient (Wildman–Crippen LogP) is 1.19. The van der Waals surface area contributed by atoms with Crippen molar-refractivity contribution in [2.24, 2.45) is 5.92 Å². The van der Waals surface area contributed by atoms with Gasteiger partial charge in [0.05, 0.1) is 4.99 Å². The van der Waals surface area contributed by atoms with Gasteiger partial charge in [-0.15, -0.1) is 0 Å². The first-order valence-electron chi connectivity index (χ1n) is 2.40. The van der Waals surface area contributed by atoms with Gasteiger partial charge in [0.1, 0.15) is 0 Å². The SMILES string of the molecule is CNC(=S)C(C)C. The molecule has 1 nitrogen and oxygen atoms in total. The Morgan fingerprint density at radius 1 is 1.57 bits per heavy atom. The molecule has 0 radical (unpaired) electrons. The zero-order valence-corrected chi connectivity index (χ0v) is 5.80. The molecule has 7 heavy (non-hydrogen) atoms. The Morgan fingerprint density at radius 2 is 2.00 bits per heavy atom. The fraction of sp³-hybridized carbons (Fsp3) is 0.800. The van der Waals surface area contributed by atoms with Crippen LogP contribution in [-0.4, -0.2) is 12.0 Å². The first kappa shape index (κ1) is 6.89. The van der Waals surface area contributed by atoms with Gasteiger partial charge >= 0.3 is 0 Å². The second kappa shape index (κ2) is 2.97. The summed E-state index contributed by atoms with van der Waals surface area (Å²) in [5.74, 6) is 0.486. The summed E-state index contributed by atoms with van der Waals surface area (Å²) in [7, 11) is 1.85. The van der Waals surface area contributed by atoms with Gasteiger partial charge in [-0.25, -0.2) is 0 Å². The van der Waals surface area contributed by atoms with Crippen LogP contribution in [0.15, 0.2) is 0 Å². The molecule has 0 aliphatic carbocycles. The molecule has 0 aromatic rings. The topological polar surface area (TPSA) is 12.0 Å². The second-order valence-electron chi connectivity index (χ2n) is 1.77. The second-order valence-corrected chi connectivity index (χ2v) is 2.21. The molecule has 0 aliphatic rings. The van der Waals surface area contributed by atoms with E-state index in [2.05, 4.69) is 19.2 Å². The highest BCUT2D eigenvalue weighted by atomic mass is 32.1. The molecule has 0 heterocycles. The van der Waals surface area contributed by atoms with Crippen molar-refractivity contribution in [3.05, 3.63) is 0 Å². The maximum Gasteiger partial charge on any atom is 0.0776 e. The molecular weight excluding hydrogens is 106 g/mol. The molecule has 0 spiro atoms. The third-order valence-electron chi connectivity index (χ3n) is 0.771. The highest BCUT2D eigenvalue weighted by Crippen LogP contribution is 1.90. The average molecular weight is 117 g/mol. The summed E-state index contributed by atoms with van der Waals surface area (Å²) in [6.45, 7) is 4.14. The van der Waals surface area contributed by atoms with E-state index in [0.29, 0.717) is 5.92 Å². The first-order chi connectivity index (χ1) is 3.18. The summed E-state index contributed by atoms with van der Waals surface area (Å²) < 4.78 is 0. The molecule has 0 saturated heterocycles. The lowest BCUT2D eigenvalue weighted by molar-refractivity contribution is 0.860. The van der Waals surface area contributed by atoms with Crippen molar-refractivity contribution in [2.45, 2.75) is 13.8 Å². The van der Waals surface area contributed by atoms with Crippen LogP contribution in [0.3, 0.4) is 0 Å². The zero-order valence-electron chi connectivity index (χ0n) is 4.99. The van der Waals surface area contributed by atoms with Crippen LogP contribution in [0.5, 0.6) is 0 Å². The predicted molar refractivity (Wildman–Crippen MR) is 36.5 cm³/mol. The molecule has 0 aliphatic heterocycles. The fourth-order valence-electron chi connectivity index (χ4n) is 0.289. The number of hydrogen-bond acceptors (Lipinski definition) is 1. The summed E-state index contributed by atoms with van der Waals surface area (Å²) in [6, 6.07) is 0. The van der Waals surface area contributed by atoms with Crippen LogP contribution in [-0.2, 0) is 0 Å². The van der Waals surface area contributed by atoms with Gasteiger partial charge < -0.3 is 5.32 Å². The van der Waals surface area contributed by atoms with E-state index in [1.165, 1.54) is 0 Å². The van der Waals surface area contributed by atoms with E-state index < -0.39 is 0 Å². The highest BCUT2D eigenvalue weighted by molar-refractivity contribution is 7.80. The lowest BCUT2D eigenvalue weighted by atomic mass is 10.2. The third-order valence-corrected chi connectivity index (χ3v) is 1.45. The molecule has 0 unspecified atom stereocenters. The van der Waals surface area contributed by atoms with E-state index in [4.69, 9.17) is 12.2 Å². The molecule has 1 N–H and O–H groups in total. The molecule has 0 aromatic carbocycles. The van der Waals surface area contributed by atoms with E-state index in [1.54, 1.807) is 0 Å². The van der Waals surface area contributed by atoms with E-state index in [-0.39, 0.29) is 0 Å². The van der Waals surface area contributed by atoms with Crippen molar-refractivity contribution in [1.29, 1.82) is 0 Å². The largest absolute Gasteiger partial charge is 0.383 e.